The number of nitriles is 1. The zero-order valence-corrected chi connectivity index (χ0v) is 21.1. The quantitative estimate of drug-likeness (QED) is 0.321. The average Bonchev–Trinajstić information content (AvgIpc) is 3.41. The standard InChI is InChI=1S/C29H25ClN2O5/c1-16-13-18(8-9-21(16)30)36-12-11-29-14-23(33)28(2,37-29)24-25(29)27(35)32(26(24)34)22-10-7-17(15-31)19-5-3-4-6-20(19)22/h3-10,13,23,33-35H,11-12,14H2,1-2H3/t23?,28-,29+/m0/s1. The molecule has 3 N–H and O–H groups in total. The Kier molecular flexibility index (Phi) is 5.22. The fourth-order valence-corrected chi connectivity index (χ4v) is 6.08. The predicted octanol–water partition coefficient (Wildman–Crippen LogP) is 5.55. The van der Waals surface area contributed by atoms with Gasteiger partial charge in [-0.2, -0.15) is 5.26 Å². The topological polar surface area (TPSA) is 108 Å². The fraction of sp³-hybridized carbons (Fsp3) is 0.276. The molecule has 3 aromatic carbocycles. The number of aromatic nitrogens is 1. The van der Waals surface area contributed by atoms with Crippen LogP contribution in [-0.2, 0) is 15.9 Å². The van der Waals surface area contributed by atoms with Crippen LogP contribution in [0.5, 0.6) is 17.5 Å². The third kappa shape index (κ3) is 3.27. The van der Waals surface area contributed by atoms with Crippen molar-refractivity contribution >= 4 is 22.4 Å². The van der Waals surface area contributed by atoms with E-state index in [9.17, 15) is 20.6 Å². The zero-order chi connectivity index (χ0) is 26.1. The Bertz CT molecular complexity index is 1620. The number of ether oxygens (including phenoxy) is 2. The van der Waals surface area contributed by atoms with Crippen molar-refractivity contribution in [1.82, 2.24) is 4.57 Å². The van der Waals surface area contributed by atoms with Crippen molar-refractivity contribution < 1.29 is 24.8 Å². The number of fused-ring (bicyclic) bond motifs is 6. The lowest BCUT2D eigenvalue weighted by molar-refractivity contribution is -0.107. The minimum atomic E-state index is -1.19. The number of halogens is 1. The molecule has 7 nitrogen and oxygen atoms in total. The van der Waals surface area contributed by atoms with Gasteiger partial charge in [0.25, 0.3) is 0 Å². The van der Waals surface area contributed by atoms with E-state index in [4.69, 9.17) is 21.1 Å². The van der Waals surface area contributed by atoms with E-state index in [1.807, 2.05) is 37.3 Å². The van der Waals surface area contributed by atoms with E-state index in [1.165, 1.54) is 4.57 Å². The van der Waals surface area contributed by atoms with Crippen molar-refractivity contribution in [3.8, 4) is 29.3 Å². The molecular weight excluding hydrogens is 492 g/mol. The van der Waals surface area contributed by atoms with Gasteiger partial charge < -0.3 is 24.8 Å². The van der Waals surface area contributed by atoms with Gasteiger partial charge in [-0.25, -0.2) is 0 Å². The van der Waals surface area contributed by atoms with Crippen LogP contribution in [-0.4, -0.2) is 32.6 Å². The van der Waals surface area contributed by atoms with E-state index in [0.717, 1.165) is 5.56 Å². The van der Waals surface area contributed by atoms with Crippen molar-refractivity contribution in [2.45, 2.75) is 44.0 Å². The predicted molar refractivity (Wildman–Crippen MR) is 138 cm³/mol. The maximum absolute atomic E-state index is 11.6. The maximum Gasteiger partial charge on any atom is 0.205 e. The van der Waals surface area contributed by atoms with Gasteiger partial charge in [0.15, 0.2) is 0 Å². The summed E-state index contributed by atoms with van der Waals surface area (Å²) in [5.74, 6) is 0.312. The van der Waals surface area contributed by atoms with Crippen LogP contribution in [0, 0.1) is 18.3 Å². The highest BCUT2D eigenvalue weighted by atomic mass is 35.5. The summed E-state index contributed by atoms with van der Waals surface area (Å²) < 4.78 is 13.8. The monoisotopic (exact) mass is 516 g/mol. The Balaban J connectivity index is 1.44. The summed E-state index contributed by atoms with van der Waals surface area (Å²) in [6, 6.07) is 18.3. The molecule has 0 saturated carbocycles. The van der Waals surface area contributed by atoms with E-state index in [-0.39, 0.29) is 24.8 Å². The third-order valence-corrected chi connectivity index (χ3v) is 8.23. The van der Waals surface area contributed by atoms with E-state index in [2.05, 4.69) is 6.07 Å². The number of aryl methyl sites for hydroxylation is 1. The molecule has 1 aromatic heterocycles. The minimum Gasteiger partial charge on any atom is -0.494 e. The number of aliphatic hydroxyl groups excluding tert-OH is 1. The second kappa shape index (κ2) is 8.15. The van der Waals surface area contributed by atoms with Gasteiger partial charge in [0.05, 0.1) is 41.2 Å². The van der Waals surface area contributed by atoms with Crippen LogP contribution in [0.2, 0.25) is 5.02 Å². The van der Waals surface area contributed by atoms with E-state index < -0.39 is 17.3 Å². The smallest absolute Gasteiger partial charge is 0.205 e. The summed E-state index contributed by atoms with van der Waals surface area (Å²) in [6.07, 6.45) is -0.277. The molecule has 6 rings (SSSR count). The van der Waals surface area contributed by atoms with Crippen LogP contribution < -0.4 is 4.74 Å². The molecule has 1 fully saturated rings. The molecule has 1 saturated heterocycles. The first-order valence-electron chi connectivity index (χ1n) is 12.1. The second-order valence-corrected chi connectivity index (χ2v) is 10.4. The number of nitrogens with zero attached hydrogens (tertiary/aromatic N) is 2. The molecule has 188 valence electrons. The first-order chi connectivity index (χ1) is 17.7. The lowest BCUT2D eigenvalue weighted by Crippen LogP contribution is -2.33. The number of rotatable bonds is 5. The Morgan fingerprint density at radius 3 is 2.57 bits per heavy atom. The molecule has 0 amide bonds. The Morgan fingerprint density at radius 2 is 1.84 bits per heavy atom. The number of benzene rings is 3. The van der Waals surface area contributed by atoms with Crippen molar-refractivity contribution in [2.24, 2.45) is 0 Å². The molecular formula is C29H25ClN2O5. The van der Waals surface area contributed by atoms with Gasteiger partial charge in [-0.05, 0) is 49.7 Å². The molecule has 3 atom stereocenters. The van der Waals surface area contributed by atoms with E-state index in [1.54, 1.807) is 31.2 Å². The van der Waals surface area contributed by atoms with Crippen molar-refractivity contribution in [3.63, 3.8) is 0 Å². The molecule has 2 aliphatic heterocycles. The summed E-state index contributed by atoms with van der Waals surface area (Å²) in [5.41, 5.74) is 0.521. The van der Waals surface area contributed by atoms with Gasteiger partial charge in [-0.15, -0.1) is 0 Å². The van der Waals surface area contributed by atoms with E-state index >= 15 is 0 Å². The average molecular weight is 517 g/mol. The summed E-state index contributed by atoms with van der Waals surface area (Å²) >= 11 is 6.12. The number of hydrogen-bond donors (Lipinski definition) is 3. The molecule has 8 heteroatoms. The Labute approximate surface area is 218 Å². The molecule has 1 unspecified atom stereocenters. The normalized spacial score (nSPS) is 23.8. The van der Waals surface area contributed by atoms with Crippen LogP contribution in [0.15, 0.2) is 54.6 Å². The molecule has 0 aliphatic carbocycles. The molecule has 3 heterocycles. The first-order valence-corrected chi connectivity index (χ1v) is 12.4. The van der Waals surface area contributed by atoms with Gasteiger partial charge in [0, 0.05) is 28.6 Å². The van der Waals surface area contributed by atoms with Crippen LogP contribution in [0.25, 0.3) is 16.5 Å². The van der Waals surface area contributed by atoms with Crippen molar-refractivity contribution in [2.75, 3.05) is 6.61 Å². The SMILES string of the molecule is Cc1cc(OCC[C@]23CC(O)[C@](C)(O2)c2c3c(O)n(-c3ccc(C#N)c4ccccc34)c2O)ccc1Cl. The lowest BCUT2D eigenvalue weighted by atomic mass is 9.76. The summed E-state index contributed by atoms with van der Waals surface area (Å²) in [5, 5.41) is 45.6. The van der Waals surface area contributed by atoms with Gasteiger partial charge in [-0.3, -0.25) is 4.57 Å². The van der Waals surface area contributed by atoms with Crippen LogP contribution in [0.1, 0.15) is 42.0 Å². The molecule has 0 spiro atoms. The van der Waals surface area contributed by atoms with Gasteiger partial charge in [-0.1, -0.05) is 35.9 Å². The Morgan fingerprint density at radius 1 is 1.11 bits per heavy atom. The lowest BCUT2D eigenvalue weighted by Gasteiger charge is -2.26. The number of hydrogen-bond acceptors (Lipinski definition) is 6. The molecule has 4 aromatic rings. The highest BCUT2D eigenvalue weighted by Crippen LogP contribution is 2.65. The molecule has 2 bridgehead atoms. The number of aromatic hydroxyl groups is 2. The first kappa shape index (κ1) is 23.7. The highest BCUT2D eigenvalue weighted by Gasteiger charge is 2.66. The zero-order valence-electron chi connectivity index (χ0n) is 20.3. The molecule has 0 radical (unpaired) electrons. The number of aliphatic hydroxyl groups is 1. The van der Waals surface area contributed by atoms with E-state index in [0.29, 0.717) is 50.3 Å². The molecule has 2 aliphatic rings. The van der Waals surface area contributed by atoms with Crippen molar-refractivity contribution in [1.29, 1.82) is 5.26 Å². The third-order valence-electron chi connectivity index (χ3n) is 7.81. The minimum absolute atomic E-state index is 0.152. The second-order valence-electron chi connectivity index (χ2n) is 9.96. The summed E-state index contributed by atoms with van der Waals surface area (Å²) in [6.45, 7) is 3.89. The fourth-order valence-electron chi connectivity index (χ4n) is 5.97. The van der Waals surface area contributed by atoms with Crippen LogP contribution in [0.4, 0.5) is 0 Å². The summed E-state index contributed by atoms with van der Waals surface area (Å²) in [7, 11) is 0. The van der Waals surface area contributed by atoms with Crippen molar-refractivity contribution in [3.05, 3.63) is 81.9 Å². The summed E-state index contributed by atoms with van der Waals surface area (Å²) in [4.78, 5) is 0. The highest BCUT2D eigenvalue weighted by molar-refractivity contribution is 6.31. The van der Waals surface area contributed by atoms with Gasteiger partial charge >= 0.3 is 0 Å². The maximum atomic E-state index is 11.6. The largest absolute Gasteiger partial charge is 0.494 e. The van der Waals surface area contributed by atoms with Crippen LogP contribution in [0.3, 0.4) is 0 Å². The van der Waals surface area contributed by atoms with Gasteiger partial charge in [0.1, 0.15) is 17.0 Å². The Hall–Kier alpha value is -3.70. The van der Waals surface area contributed by atoms with Gasteiger partial charge in [0.2, 0.25) is 11.8 Å². The van der Waals surface area contributed by atoms with Crippen LogP contribution >= 0.6 is 11.6 Å². The molecule has 37 heavy (non-hydrogen) atoms.